The molecule has 1 saturated heterocycles. The summed E-state index contributed by atoms with van der Waals surface area (Å²) in [5, 5.41) is 8.15. The summed E-state index contributed by atoms with van der Waals surface area (Å²) >= 11 is 1.81. The van der Waals surface area contributed by atoms with Gasteiger partial charge in [0, 0.05) is 12.6 Å². The van der Waals surface area contributed by atoms with Gasteiger partial charge in [0.15, 0.2) is 0 Å². The quantitative estimate of drug-likeness (QED) is 0.850. The van der Waals surface area contributed by atoms with E-state index < -0.39 is 0 Å². The molecular weight excluding hydrogens is 240 g/mol. The first-order valence-corrected chi connectivity index (χ1v) is 8.31. The Morgan fingerprint density at radius 3 is 2.72 bits per heavy atom. The molecule has 1 aliphatic carbocycles. The molecule has 2 nitrogen and oxygen atoms in total. The Bertz CT molecular complexity index is 337. The molecule has 2 fully saturated rings. The van der Waals surface area contributed by atoms with Crippen molar-refractivity contribution in [3.8, 4) is 0 Å². The molecule has 100 valence electrons. The Morgan fingerprint density at radius 1 is 1.22 bits per heavy atom. The third-order valence-corrected chi connectivity index (χ3v) is 5.01. The van der Waals surface area contributed by atoms with Crippen molar-refractivity contribution in [2.75, 3.05) is 26.2 Å². The van der Waals surface area contributed by atoms with E-state index in [0.717, 1.165) is 12.0 Å². The molecule has 3 rings (SSSR count). The lowest BCUT2D eigenvalue weighted by molar-refractivity contribution is 0.184. The minimum Gasteiger partial charge on any atom is -0.314 e. The molecule has 0 radical (unpaired) electrons. The van der Waals surface area contributed by atoms with E-state index in [1.165, 1.54) is 63.8 Å². The number of nitrogens with zero attached hydrogens (tertiary/aromatic N) is 1. The Kier molecular flexibility index (Phi) is 4.34. The molecule has 1 aromatic rings. The molecule has 0 bridgehead atoms. The Morgan fingerprint density at radius 2 is 2.06 bits per heavy atom. The van der Waals surface area contributed by atoms with Crippen LogP contribution in [0.4, 0.5) is 0 Å². The van der Waals surface area contributed by atoms with Crippen LogP contribution >= 0.6 is 11.3 Å². The molecule has 0 aromatic carbocycles. The Labute approximate surface area is 114 Å². The lowest BCUT2D eigenvalue weighted by atomic mass is 9.96. The summed E-state index contributed by atoms with van der Waals surface area (Å²) in [7, 11) is 0. The fourth-order valence-electron chi connectivity index (χ4n) is 2.76. The third-order valence-electron chi connectivity index (χ3n) is 4.28. The van der Waals surface area contributed by atoms with Gasteiger partial charge in [0.05, 0.1) is 0 Å². The highest BCUT2D eigenvalue weighted by Crippen LogP contribution is 2.22. The fourth-order valence-corrected chi connectivity index (χ4v) is 3.46. The van der Waals surface area contributed by atoms with Gasteiger partial charge in [0.1, 0.15) is 0 Å². The average Bonchev–Trinajstić information content (AvgIpc) is 3.09. The predicted octanol–water partition coefficient (Wildman–Crippen LogP) is 2.75. The second-order valence-electron chi connectivity index (χ2n) is 5.85. The van der Waals surface area contributed by atoms with Crippen molar-refractivity contribution >= 4 is 11.3 Å². The maximum absolute atomic E-state index is 3.68. The largest absolute Gasteiger partial charge is 0.314 e. The summed E-state index contributed by atoms with van der Waals surface area (Å²) < 4.78 is 0. The highest BCUT2D eigenvalue weighted by Gasteiger charge is 2.24. The predicted molar refractivity (Wildman–Crippen MR) is 78.2 cm³/mol. The van der Waals surface area contributed by atoms with Gasteiger partial charge in [-0.2, -0.15) is 11.3 Å². The zero-order valence-corrected chi connectivity index (χ0v) is 11.9. The number of hydrogen-bond acceptors (Lipinski definition) is 3. The van der Waals surface area contributed by atoms with E-state index in [-0.39, 0.29) is 0 Å². The van der Waals surface area contributed by atoms with Crippen LogP contribution < -0.4 is 5.32 Å². The first-order valence-electron chi connectivity index (χ1n) is 7.37. The molecule has 1 aliphatic heterocycles. The van der Waals surface area contributed by atoms with Gasteiger partial charge in [-0.05, 0) is 80.0 Å². The van der Waals surface area contributed by atoms with Crippen LogP contribution in [0.15, 0.2) is 16.8 Å². The minimum absolute atomic E-state index is 0.877. The zero-order chi connectivity index (χ0) is 12.2. The number of nitrogens with one attached hydrogen (secondary N) is 1. The second-order valence-corrected chi connectivity index (χ2v) is 6.63. The first kappa shape index (κ1) is 12.6. The van der Waals surface area contributed by atoms with Crippen LogP contribution in [0, 0.1) is 5.92 Å². The van der Waals surface area contributed by atoms with E-state index in [2.05, 4.69) is 27.0 Å². The number of hydrogen-bond donors (Lipinski definition) is 1. The Hall–Kier alpha value is -0.380. The van der Waals surface area contributed by atoms with Gasteiger partial charge in [-0.15, -0.1) is 0 Å². The molecule has 0 unspecified atom stereocenters. The van der Waals surface area contributed by atoms with Crippen molar-refractivity contribution in [3.05, 3.63) is 22.4 Å². The molecule has 0 spiro atoms. The summed E-state index contributed by atoms with van der Waals surface area (Å²) in [6.45, 7) is 5.13. The number of piperidine rings is 1. The third kappa shape index (κ3) is 3.81. The van der Waals surface area contributed by atoms with Gasteiger partial charge in [-0.3, -0.25) is 0 Å². The van der Waals surface area contributed by atoms with Gasteiger partial charge >= 0.3 is 0 Å². The van der Waals surface area contributed by atoms with Crippen LogP contribution in [0.2, 0.25) is 0 Å². The summed E-state index contributed by atoms with van der Waals surface area (Å²) in [6.07, 6.45) is 6.85. The van der Waals surface area contributed by atoms with E-state index >= 15 is 0 Å². The normalized spacial score (nSPS) is 22.4. The van der Waals surface area contributed by atoms with Crippen LogP contribution in [-0.4, -0.2) is 37.1 Å². The van der Waals surface area contributed by atoms with Crippen molar-refractivity contribution in [1.82, 2.24) is 10.2 Å². The number of likely N-dealkylation sites (tertiary alicyclic amines) is 1. The van der Waals surface area contributed by atoms with E-state index in [0.29, 0.717) is 0 Å². The molecule has 1 aromatic heterocycles. The second kappa shape index (κ2) is 6.18. The summed E-state index contributed by atoms with van der Waals surface area (Å²) in [5.41, 5.74) is 1.51. The maximum Gasteiger partial charge on any atom is 0.00683 e. The summed E-state index contributed by atoms with van der Waals surface area (Å²) in [4.78, 5) is 2.64. The molecular formula is C15H24N2S. The SMILES string of the molecule is c1cc(CCN2CCC(CNC3CC3)CC2)cs1. The topological polar surface area (TPSA) is 15.3 Å². The Balaban J connectivity index is 1.32. The van der Waals surface area contributed by atoms with E-state index in [1.54, 1.807) is 0 Å². The van der Waals surface area contributed by atoms with Gasteiger partial charge in [-0.1, -0.05) is 0 Å². The van der Waals surface area contributed by atoms with E-state index in [9.17, 15) is 0 Å². The fraction of sp³-hybridized carbons (Fsp3) is 0.733. The van der Waals surface area contributed by atoms with Crippen LogP contribution in [0.1, 0.15) is 31.2 Å². The maximum atomic E-state index is 3.68. The molecule has 2 aliphatic rings. The number of rotatable bonds is 6. The van der Waals surface area contributed by atoms with Gasteiger partial charge in [-0.25, -0.2) is 0 Å². The van der Waals surface area contributed by atoms with Gasteiger partial charge in [0.25, 0.3) is 0 Å². The number of thiophene rings is 1. The smallest absolute Gasteiger partial charge is 0.00683 e. The van der Waals surface area contributed by atoms with Crippen LogP contribution in [-0.2, 0) is 6.42 Å². The highest BCUT2D eigenvalue weighted by atomic mass is 32.1. The van der Waals surface area contributed by atoms with Gasteiger partial charge < -0.3 is 10.2 Å². The molecule has 18 heavy (non-hydrogen) atoms. The van der Waals surface area contributed by atoms with E-state index in [4.69, 9.17) is 0 Å². The zero-order valence-electron chi connectivity index (χ0n) is 11.1. The molecule has 3 heteroatoms. The standard InChI is InChI=1S/C15H24N2S/c1-2-15(1)16-11-13-3-7-17(8-4-13)9-5-14-6-10-18-12-14/h6,10,12-13,15-16H,1-5,7-9,11H2. The van der Waals surface area contributed by atoms with Crippen LogP contribution in [0.5, 0.6) is 0 Å². The molecule has 0 amide bonds. The molecule has 2 heterocycles. The summed E-state index contributed by atoms with van der Waals surface area (Å²) in [5.74, 6) is 0.933. The van der Waals surface area contributed by atoms with E-state index in [1.807, 2.05) is 11.3 Å². The summed E-state index contributed by atoms with van der Waals surface area (Å²) in [6, 6.07) is 3.14. The lowest BCUT2D eigenvalue weighted by Crippen LogP contribution is -2.38. The molecule has 0 atom stereocenters. The lowest BCUT2D eigenvalue weighted by Gasteiger charge is -2.32. The molecule has 1 N–H and O–H groups in total. The monoisotopic (exact) mass is 264 g/mol. The minimum atomic E-state index is 0.877. The van der Waals surface area contributed by atoms with Crippen LogP contribution in [0.3, 0.4) is 0 Å². The molecule has 1 saturated carbocycles. The van der Waals surface area contributed by atoms with Crippen molar-refractivity contribution in [1.29, 1.82) is 0 Å². The van der Waals surface area contributed by atoms with Crippen molar-refractivity contribution in [2.45, 2.75) is 38.1 Å². The van der Waals surface area contributed by atoms with Crippen LogP contribution in [0.25, 0.3) is 0 Å². The van der Waals surface area contributed by atoms with Crippen molar-refractivity contribution < 1.29 is 0 Å². The van der Waals surface area contributed by atoms with Gasteiger partial charge in [0.2, 0.25) is 0 Å². The highest BCUT2D eigenvalue weighted by molar-refractivity contribution is 7.07. The first-order chi connectivity index (χ1) is 8.90. The van der Waals surface area contributed by atoms with Crippen molar-refractivity contribution in [3.63, 3.8) is 0 Å². The average molecular weight is 264 g/mol. The van der Waals surface area contributed by atoms with Crippen molar-refractivity contribution in [2.24, 2.45) is 5.92 Å².